The molecule has 4 rings (SSSR count). The minimum absolute atomic E-state index is 0.131. The van der Waals surface area contributed by atoms with Crippen molar-refractivity contribution in [1.82, 2.24) is 25.2 Å². The highest BCUT2D eigenvalue weighted by atomic mass is 32.2. The molecule has 9 heteroatoms. The molecule has 4 aromatic rings. The monoisotopic (exact) mass is 472 g/mol. The Kier molecular flexibility index (Phi) is 7.34. The summed E-state index contributed by atoms with van der Waals surface area (Å²) in [7, 11) is 1.63. The lowest BCUT2D eigenvalue weighted by atomic mass is 10.1. The minimum atomic E-state index is -0.241. The number of pyridine rings is 1. The first-order valence-electron chi connectivity index (χ1n) is 10.6. The molecule has 2 heterocycles. The maximum absolute atomic E-state index is 12.5. The van der Waals surface area contributed by atoms with Gasteiger partial charge in [0.2, 0.25) is 0 Å². The lowest BCUT2D eigenvalue weighted by Gasteiger charge is -2.11. The van der Waals surface area contributed by atoms with Gasteiger partial charge in [-0.1, -0.05) is 47.7 Å². The van der Waals surface area contributed by atoms with Crippen LogP contribution in [0.5, 0.6) is 5.75 Å². The van der Waals surface area contributed by atoms with Gasteiger partial charge in [-0.25, -0.2) is 5.43 Å². The third-order valence-corrected chi connectivity index (χ3v) is 5.96. The molecule has 1 N–H and O–H groups in total. The van der Waals surface area contributed by atoms with Crippen LogP contribution in [-0.4, -0.2) is 44.2 Å². The number of hydrogen-bond acceptors (Lipinski definition) is 7. The summed E-state index contributed by atoms with van der Waals surface area (Å²) in [5, 5.41) is 13.6. The zero-order chi connectivity index (χ0) is 23.9. The van der Waals surface area contributed by atoms with Gasteiger partial charge < -0.3 is 4.74 Å². The molecule has 0 radical (unpaired) electrons. The van der Waals surface area contributed by atoms with Gasteiger partial charge in [-0.2, -0.15) is 5.10 Å². The van der Waals surface area contributed by atoms with Crippen molar-refractivity contribution in [1.29, 1.82) is 0 Å². The van der Waals surface area contributed by atoms with E-state index in [-0.39, 0.29) is 11.7 Å². The Morgan fingerprint density at radius 2 is 1.85 bits per heavy atom. The molecular formula is C25H24N6O2S. The number of rotatable bonds is 8. The Balaban J connectivity index is 1.55. The van der Waals surface area contributed by atoms with Crippen LogP contribution < -0.4 is 10.2 Å². The van der Waals surface area contributed by atoms with Crippen LogP contribution in [0.25, 0.3) is 17.1 Å². The number of aryl methyl sites for hydroxylation is 1. The van der Waals surface area contributed by atoms with E-state index in [4.69, 9.17) is 4.74 Å². The van der Waals surface area contributed by atoms with Gasteiger partial charge in [0.15, 0.2) is 11.0 Å². The van der Waals surface area contributed by atoms with Gasteiger partial charge in [0.1, 0.15) is 5.75 Å². The van der Waals surface area contributed by atoms with E-state index < -0.39 is 0 Å². The molecule has 0 aliphatic carbocycles. The summed E-state index contributed by atoms with van der Waals surface area (Å²) in [6.07, 6.45) is 3.39. The summed E-state index contributed by atoms with van der Waals surface area (Å²) in [6, 6.07) is 19.4. The molecule has 0 bridgehead atoms. The zero-order valence-corrected chi connectivity index (χ0v) is 19.9. The lowest BCUT2D eigenvalue weighted by molar-refractivity contribution is -0.118. The number of hydrogen-bond donors (Lipinski definition) is 1. The Bertz CT molecular complexity index is 1290. The van der Waals surface area contributed by atoms with Crippen molar-refractivity contribution in [3.05, 3.63) is 84.2 Å². The van der Waals surface area contributed by atoms with Gasteiger partial charge in [0, 0.05) is 29.2 Å². The van der Waals surface area contributed by atoms with E-state index in [9.17, 15) is 4.79 Å². The second kappa shape index (κ2) is 10.8. The number of carbonyl (C=O) groups is 1. The van der Waals surface area contributed by atoms with Gasteiger partial charge in [0.25, 0.3) is 5.91 Å². The number of thioether (sulfide) groups is 1. The first kappa shape index (κ1) is 23.2. The van der Waals surface area contributed by atoms with E-state index in [1.807, 2.05) is 79.1 Å². The average Bonchev–Trinajstić information content (AvgIpc) is 3.31. The Hall–Kier alpha value is -3.98. The molecule has 2 aromatic carbocycles. The molecule has 8 nitrogen and oxygen atoms in total. The van der Waals surface area contributed by atoms with Crippen molar-refractivity contribution < 1.29 is 9.53 Å². The number of carbonyl (C=O) groups excluding carboxylic acids is 1. The van der Waals surface area contributed by atoms with Gasteiger partial charge in [0.05, 0.1) is 18.6 Å². The van der Waals surface area contributed by atoms with Crippen LogP contribution in [0.1, 0.15) is 18.1 Å². The molecule has 0 aliphatic rings. The third-order valence-electron chi connectivity index (χ3n) is 5.03. The number of aromatic nitrogens is 4. The van der Waals surface area contributed by atoms with Gasteiger partial charge in [-0.3, -0.25) is 14.3 Å². The number of ether oxygens (including phenoxy) is 1. The van der Waals surface area contributed by atoms with Crippen molar-refractivity contribution in [2.45, 2.75) is 19.0 Å². The fourth-order valence-electron chi connectivity index (χ4n) is 3.17. The highest BCUT2D eigenvalue weighted by Gasteiger charge is 2.17. The number of benzene rings is 2. The third kappa shape index (κ3) is 5.49. The first-order chi connectivity index (χ1) is 16.5. The lowest BCUT2D eigenvalue weighted by Crippen LogP contribution is -2.21. The Morgan fingerprint density at radius 3 is 2.53 bits per heavy atom. The van der Waals surface area contributed by atoms with Gasteiger partial charge in [-0.15, -0.1) is 10.2 Å². The molecule has 2 aromatic heterocycles. The molecule has 34 heavy (non-hydrogen) atoms. The maximum atomic E-state index is 12.5. The summed E-state index contributed by atoms with van der Waals surface area (Å²) in [6.45, 7) is 3.86. The van der Waals surface area contributed by atoms with Crippen molar-refractivity contribution in [2.75, 3.05) is 12.9 Å². The molecule has 0 unspecified atom stereocenters. The van der Waals surface area contributed by atoms with Gasteiger partial charge >= 0.3 is 0 Å². The standard InChI is InChI=1S/C25H24N6O2S/c1-17-6-8-19(9-7-17)24-29-30-25(31(24)21-10-12-22(33-3)13-11-21)34-16-23(32)28-27-18(2)20-5-4-14-26-15-20/h4-15H,16H2,1-3H3,(H,28,32)/b27-18+. The van der Waals surface area contributed by atoms with Crippen LogP contribution in [0.2, 0.25) is 0 Å². The van der Waals surface area contributed by atoms with Crippen molar-refractivity contribution >= 4 is 23.4 Å². The molecular weight excluding hydrogens is 448 g/mol. The van der Waals surface area contributed by atoms with Crippen molar-refractivity contribution in [2.24, 2.45) is 5.10 Å². The van der Waals surface area contributed by atoms with Crippen molar-refractivity contribution in [3.63, 3.8) is 0 Å². The SMILES string of the molecule is COc1ccc(-n2c(SCC(=O)N/N=C(\C)c3cccnc3)nnc2-c2ccc(C)cc2)cc1. The zero-order valence-electron chi connectivity index (χ0n) is 19.1. The largest absolute Gasteiger partial charge is 0.497 e. The summed E-state index contributed by atoms with van der Waals surface area (Å²) in [4.78, 5) is 16.5. The Morgan fingerprint density at radius 1 is 1.09 bits per heavy atom. The molecule has 172 valence electrons. The summed E-state index contributed by atoms with van der Waals surface area (Å²) < 4.78 is 7.22. The van der Waals surface area contributed by atoms with Crippen molar-refractivity contribution in [3.8, 4) is 22.8 Å². The molecule has 1 amide bonds. The highest BCUT2D eigenvalue weighted by molar-refractivity contribution is 7.99. The maximum Gasteiger partial charge on any atom is 0.250 e. The van der Waals surface area contributed by atoms with Crippen LogP contribution >= 0.6 is 11.8 Å². The van der Waals surface area contributed by atoms with E-state index >= 15 is 0 Å². The van der Waals surface area contributed by atoms with E-state index in [2.05, 4.69) is 25.7 Å². The van der Waals surface area contributed by atoms with Crippen LogP contribution in [0.3, 0.4) is 0 Å². The van der Waals surface area contributed by atoms with E-state index in [0.29, 0.717) is 16.7 Å². The van der Waals surface area contributed by atoms with Crippen LogP contribution in [0.15, 0.2) is 83.3 Å². The van der Waals surface area contributed by atoms with E-state index in [0.717, 1.165) is 28.1 Å². The van der Waals surface area contributed by atoms with Gasteiger partial charge in [-0.05, 0) is 44.2 Å². The summed E-state index contributed by atoms with van der Waals surface area (Å²) in [5.41, 5.74) is 7.08. The molecule has 0 saturated heterocycles. The van der Waals surface area contributed by atoms with E-state index in [1.165, 1.54) is 11.8 Å². The van der Waals surface area contributed by atoms with Crippen LogP contribution in [0.4, 0.5) is 0 Å². The topological polar surface area (TPSA) is 94.3 Å². The molecule has 0 fully saturated rings. The number of hydrazone groups is 1. The molecule has 0 atom stereocenters. The minimum Gasteiger partial charge on any atom is -0.497 e. The number of nitrogens with zero attached hydrogens (tertiary/aromatic N) is 5. The number of amides is 1. The van der Waals surface area contributed by atoms with Crippen LogP contribution in [0, 0.1) is 6.92 Å². The predicted molar refractivity (Wildman–Crippen MR) is 133 cm³/mol. The summed E-state index contributed by atoms with van der Waals surface area (Å²) >= 11 is 1.29. The first-order valence-corrected chi connectivity index (χ1v) is 11.6. The fourth-order valence-corrected chi connectivity index (χ4v) is 3.91. The van der Waals surface area contributed by atoms with E-state index in [1.54, 1.807) is 19.5 Å². The number of methoxy groups -OCH3 is 1. The summed E-state index contributed by atoms with van der Waals surface area (Å²) in [5.74, 6) is 1.34. The molecule has 0 spiro atoms. The highest BCUT2D eigenvalue weighted by Crippen LogP contribution is 2.29. The van der Waals surface area contributed by atoms with Crippen LogP contribution in [-0.2, 0) is 4.79 Å². The number of nitrogens with one attached hydrogen (secondary N) is 1. The smallest absolute Gasteiger partial charge is 0.250 e. The normalized spacial score (nSPS) is 11.3. The molecule has 0 aliphatic heterocycles. The Labute approximate surface area is 202 Å². The average molecular weight is 473 g/mol. The molecule has 0 saturated carbocycles. The quantitative estimate of drug-likeness (QED) is 0.234. The second-order valence-corrected chi connectivity index (χ2v) is 8.41. The second-order valence-electron chi connectivity index (χ2n) is 7.47. The fraction of sp³-hybridized carbons (Fsp3) is 0.160. The predicted octanol–water partition coefficient (Wildman–Crippen LogP) is 4.28.